The van der Waals surface area contributed by atoms with Gasteiger partial charge in [-0.25, -0.2) is 4.57 Å². The van der Waals surface area contributed by atoms with Gasteiger partial charge in [-0.15, -0.1) is 0 Å². The van der Waals surface area contributed by atoms with Crippen molar-refractivity contribution in [3.8, 4) is 22.8 Å². The number of benzene rings is 2. The minimum Gasteiger partial charge on any atom is -0.507 e. The summed E-state index contributed by atoms with van der Waals surface area (Å²) in [6, 6.07) is 8.83. The molecule has 0 saturated carbocycles. The van der Waals surface area contributed by atoms with Gasteiger partial charge in [-0.2, -0.15) is 0 Å². The van der Waals surface area contributed by atoms with Crippen molar-refractivity contribution in [1.82, 2.24) is 4.90 Å². The van der Waals surface area contributed by atoms with E-state index in [0.29, 0.717) is 23.6 Å². The zero-order valence-corrected chi connectivity index (χ0v) is 18.6. The highest BCUT2D eigenvalue weighted by atomic mass is 35.5. The highest BCUT2D eigenvalue weighted by molar-refractivity contribution is 7.46. The zero-order valence-electron chi connectivity index (χ0n) is 16.9. The number of phosphoric ester groups is 1. The number of piperidine rings is 1. The Morgan fingerprint density at radius 1 is 1.25 bits per heavy atom. The van der Waals surface area contributed by atoms with Crippen LogP contribution in [0.25, 0.3) is 22.3 Å². The van der Waals surface area contributed by atoms with Gasteiger partial charge in [-0.1, -0.05) is 23.7 Å². The van der Waals surface area contributed by atoms with Crippen LogP contribution in [0.3, 0.4) is 0 Å². The van der Waals surface area contributed by atoms with Crippen LogP contribution in [0.2, 0.25) is 5.02 Å². The highest BCUT2D eigenvalue weighted by Gasteiger charge is 2.35. The molecule has 2 aromatic carbocycles. The Balaban J connectivity index is 2.05. The monoisotopic (exact) mass is 481 g/mol. The number of rotatable bonds is 4. The van der Waals surface area contributed by atoms with Crippen molar-refractivity contribution in [1.29, 1.82) is 0 Å². The lowest BCUT2D eigenvalue weighted by Gasteiger charge is -2.34. The quantitative estimate of drug-likeness (QED) is 0.414. The molecule has 1 aromatic heterocycles. The van der Waals surface area contributed by atoms with E-state index >= 15 is 0 Å². The second kappa shape index (κ2) is 8.51. The number of fused-ring (bicyclic) bond motifs is 1. The minimum atomic E-state index is -5.03. The van der Waals surface area contributed by atoms with Gasteiger partial charge in [0.15, 0.2) is 5.43 Å². The Kier molecular flexibility index (Phi) is 6.06. The van der Waals surface area contributed by atoms with E-state index in [0.717, 1.165) is 6.07 Å². The normalized spacial score (nSPS) is 19.9. The second-order valence-corrected chi connectivity index (χ2v) is 9.34. The van der Waals surface area contributed by atoms with Gasteiger partial charge in [0.25, 0.3) is 0 Å². The number of aromatic hydroxyl groups is 1. The minimum absolute atomic E-state index is 0.101. The Morgan fingerprint density at radius 3 is 2.62 bits per heavy atom. The number of hydrogen-bond donors (Lipinski definition) is 4. The molecule has 2 atom stereocenters. The number of phenolic OH excluding ortho intramolecular Hbond substituents is 1. The van der Waals surface area contributed by atoms with E-state index in [1.54, 1.807) is 24.3 Å². The van der Waals surface area contributed by atoms with Crippen LogP contribution in [-0.4, -0.2) is 51.1 Å². The fourth-order valence-electron chi connectivity index (χ4n) is 4.09. The predicted molar refractivity (Wildman–Crippen MR) is 118 cm³/mol. The molecule has 1 fully saturated rings. The molecule has 0 aliphatic carbocycles. The number of likely N-dealkylation sites (tertiary alicyclic amines) is 1. The molecule has 170 valence electrons. The Hall–Kier alpha value is -2.39. The number of aliphatic hydroxyl groups is 1. The molecule has 11 heteroatoms. The molecular weight excluding hydrogens is 461 g/mol. The first-order valence-corrected chi connectivity index (χ1v) is 11.7. The van der Waals surface area contributed by atoms with E-state index in [1.807, 2.05) is 11.9 Å². The lowest BCUT2D eigenvalue weighted by Crippen LogP contribution is -2.40. The van der Waals surface area contributed by atoms with E-state index in [4.69, 9.17) is 20.5 Å². The summed E-state index contributed by atoms with van der Waals surface area (Å²) in [6.07, 6.45) is -0.537. The topological polar surface area (TPSA) is 141 Å². The lowest BCUT2D eigenvalue weighted by molar-refractivity contribution is 0.0632. The summed E-state index contributed by atoms with van der Waals surface area (Å²) in [5.74, 6) is -1.49. The molecule has 9 nitrogen and oxygen atoms in total. The molecule has 1 aliphatic heterocycles. The maximum atomic E-state index is 12.9. The van der Waals surface area contributed by atoms with Crippen molar-refractivity contribution in [3.05, 3.63) is 57.2 Å². The highest BCUT2D eigenvalue weighted by Crippen LogP contribution is 2.48. The number of likely N-dealkylation sites (N-methyl/N-ethyl adjacent to an activating group) is 1. The molecule has 0 spiro atoms. The Labute approximate surface area is 187 Å². The van der Waals surface area contributed by atoms with Gasteiger partial charge in [-0.3, -0.25) is 14.6 Å². The van der Waals surface area contributed by atoms with Gasteiger partial charge in [0.05, 0.1) is 11.1 Å². The number of nitrogens with zero attached hydrogens (tertiary/aromatic N) is 1. The molecule has 32 heavy (non-hydrogen) atoms. The molecule has 0 amide bonds. The fourth-order valence-corrected chi connectivity index (χ4v) is 4.72. The van der Waals surface area contributed by atoms with Crippen molar-refractivity contribution in [2.75, 3.05) is 20.1 Å². The van der Waals surface area contributed by atoms with Crippen molar-refractivity contribution in [2.24, 2.45) is 0 Å². The maximum Gasteiger partial charge on any atom is 0.524 e. The zero-order chi connectivity index (χ0) is 23.2. The van der Waals surface area contributed by atoms with Gasteiger partial charge in [0, 0.05) is 35.7 Å². The molecular formula is C21H21ClNO8P. The van der Waals surface area contributed by atoms with Gasteiger partial charge in [0.1, 0.15) is 28.2 Å². The summed E-state index contributed by atoms with van der Waals surface area (Å²) in [7, 11) is -3.20. The predicted octanol–water partition coefficient (Wildman–Crippen LogP) is 3.07. The van der Waals surface area contributed by atoms with Crippen molar-refractivity contribution < 1.29 is 33.5 Å². The van der Waals surface area contributed by atoms with E-state index in [9.17, 15) is 29.4 Å². The van der Waals surface area contributed by atoms with Gasteiger partial charge < -0.3 is 24.1 Å². The Bertz CT molecular complexity index is 1290. The number of phosphoric acid groups is 1. The summed E-state index contributed by atoms with van der Waals surface area (Å²) in [5, 5.41) is 21.4. The molecule has 4 N–H and O–H groups in total. The van der Waals surface area contributed by atoms with Crippen LogP contribution < -0.4 is 9.95 Å². The second-order valence-electron chi connectivity index (χ2n) is 7.77. The molecule has 0 bridgehead atoms. The number of phenols is 1. The number of hydrogen-bond acceptors (Lipinski definition) is 7. The summed E-state index contributed by atoms with van der Waals surface area (Å²) in [6.45, 7) is 0.866. The molecule has 1 aliphatic rings. The molecule has 0 unspecified atom stereocenters. The number of β-amino-alcohol motifs (C(OH)–C–C–N with tert-alkyl or cyclic N) is 1. The fraction of sp³-hybridized carbons (Fsp3) is 0.286. The smallest absolute Gasteiger partial charge is 0.507 e. The average Bonchev–Trinajstić information content (AvgIpc) is 2.68. The van der Waals surface area contributed by atoms with Crippen LogP contribution in [0.15, 0.2) is 45.6 Å². The van der Waals surface area contributed by atoms with Crippen molar-refractivity contribution in [2.45, 2.75) is 18.4 Å². The van der Waals surface area contributed by atoms with E-state index in [1.165, 1.54) is 6.07 Å². The third kappa shape index (κ3) is 4.41. The first-order valence-electron chi connectivity index (χ1n) is 9.75. The Morgan fingerprint density at radius 2 is 1.97 bits per heavy atom. The average molecular weight is 482 g/mol. The van der Waals surface area contributed by atoms with Crippen LogP contribution in [0.5, 0.6) is 11.5 Å². The van der Waals surface area contributed by atoms with E-state index in [-0.39, 0.29) is 34.6 Å². The molecule has 1 saturated heterocycles. The van der Waals surface area contributed by atoms with E-state index in [2.05, 4.69) is 0 Å². The van der Waals surface area contributed by atoms with Crippen LogP contribution in [0.4, 0.5) is 0 Å². The van der Waals surface area contributed by atoms with Crippen LogP contribution in [0.1, 0.15) is 17.9 Å². The first kappa shape index (κ1) is 22.8. The summed E-state index contributed by atoms with van der Waals surface area (Å²) in [4.78, 5) is 33.7. The SMILES string of the molecule is CN1CC[C@H](c2c(OP(=O)(O)O)cc(O)c3c(=O)cc(-c4ccccc4Cl)oc23)[C@H](O)C1. The summed E-state index contributed by atoms with van der Waals surface area (Å²) >= 11 is 6.26. The van der Waals surface area contributed by atoms with Crippen molar-refractivity contribution in [3.63, 3.8) is 0 Å². The lowest BCUT2D eigenvalue weighted by atomic mass is 9.85. The molecule has 4 rings (SSSR count). The van der Waals surface area contributed by atoms with Gasteiger partial charge in [0.2, 0.25) is 0 Å². The molecule has 0 radical (unpaired) electrons. The standard InChI is InChI=1S/C21H21ClNO8P/c1-23-7-6-12(16(26)10-23)19-18(31-32(27,28)29)9-15(25)20-14(24)8-17(30-21(19)20)11-4-2-3-5-13(11)22/h2-5,8-9,12,16,25-26H,6-7,10H2,1H3,(H2,27,28,29)/t12-,16+/m0/s1. The summed E-state index contributed by atoms with van der Waals surface area (Å²) < 4.78 is 22.5. The number of aliphatic hydroxyl groups excluding tert-OH is 1. The van der Waals surface area contributed by atoms with Crippen LogP contribution >= 0.6 is 19.4 Å². The van der Waals surface area contributed by atoms with Crippen LogP contribution in [-0.2, 0) is 4.57 Å². The summed E-state index contributed by atoms with van der Waals surface area (Å²) in [5.41, 5.74) is -0.175. The third-order valence-corrected chi connectivity index (χ3v) is 6.26. The first-order chi connectivity index (χ1) is 15.0. The maximum absolute atomic E-state index is 12.9. The van der Waals surface area contributed by atoms with Gasteiger partial charge in [-0.05, 0) is 32.1 Å². The molecule has 3 aromatic rings. The molecule has 2 heterocycles. The van der Waals surface area contributed by atoms with Crippen LogP contribution in [0, 0.1) is 0 Å². The third-order valence-electron chi connectivity index (χ3n) is 5.49. The number of halogens is 1. The van der Waals surface area contributed by atoms with E-state index < -0.39 is 31.0 Å². The largest absolute Gasteiger partial charge is 0.524 e. The van der Waals surface area contributed by atoms with Gasteiger partial charge >= 0.3 is 7.82 Å². The van der Waals surface area contributed by atoms with Crippen molar-refractivity contribution >= 4 is 30.4 Å².